The van der Waals surface area contributed by atoms with E-state index >= 15 is 0 Å². The zero-order valence-electron chi connectivity index (χ0n) is 11.1. The van der Waals surface area contributed by atoms with E-state index in [2.05, 4.69) is 33.1 Å². The SMILES string of the molecule is C1CCNCC1.C=C1Nc2cc(F)c(Br)cc2N1C. The highest BCUT2D eigenvalue weighted by molar-refractivity contribution is 9.10. The van der Waals surface area contributed by atoms with Crippen molar-refractivity contribution in [2.75, 3.05) is 30.4 Å². The Kier molecular flexibility index (Phi) is 4.82. The molecule has 2 heterocycles. The number of fused-ring (bicyclic) bond motifs is 1. The van der Waals surface area contributed by atoms with Crippen LogP contribution in [0.25, 0.3) is 0 Å². The summed E-state index contributed by atoms with van der Waals surface area (Å²) in [5, 5.41) is 6.27. The maximum atomic E-state index is 13.1. The number of piperidine rings is 1. The van der Waals surface area contributed by atoms with Crippen LogP contribution >= 0.6 is 15.9 Å². The highest BCUT2D eigenvalue weighted by Gasteiger charge is 2.20. The minimum atomic E-state index is -0.269. The molecule has 0 unspecified atom stereocenters. The maximum Gasteiger partial charge on any atom is 0.139 e. The topological polar surface area (TPSA) is 27.3 Å². The van der Waals surface area contributed by atoms with E-state index in [1.165, 1.54) is 38.4 Å². The summed E-state index contributed by atoms with van der Waals surface area (Å²) in [6, 6.07) is 3.18. The van der Waals surface area contributed by atoms with Gasteiger partial charge in [0.25, 0.3) is 0 Å². The molecule has 2 aliphatic heterocycles. The zero-order valence-corrected chi connectivity index (χ0v) is 12.7. The number of benzene rings is 1. The number of nitrogens with zero attached hydrogens (tertiary/aromatic N) is 1. The number of halogens is 2. The van der Waals surface area contributed by atoms with Gasteiger partial charge >= 0.3 is 0 Å². The first kappa shape index (κ1) is 14.3. The van der Waals surface area contributed by atoms with Crippen molar-refractivity contribution in [2.24, 2.45) is 0 Å². The van der Waals surface area contributed by atoms with Gasteiger partial charge in [0.15, 0.2) is 0 Å². The molecule has 104 valence electrons. The van der Waals surface area contributed by atoms with Gasteiger partial charge in [0.2, 0.25) is 0 Å². The van der Waals surface area contributed by atoms with Crippen molar-refractivity contribution in [3.8, 4) is 0 Å². The van der Waals surface area contributed by atoms with E-state index in [4.69, 9.17) is 0 Å². The monoisotopic (exact) mass is 327 g/mol. The molecular weight excluding hydrogens is 309 g/mol. The summed E-state index contributed by atoms with van der Waals surface area (Å²) in [5.41, 5.74) is 1.69. The van der Waals surface area contributed by atoms with Gasteiger partial charge in [-0.2, -0.15) is 0 Å². The lowest BCUT2D eigenvalue weighted by molar-refractivity contribution is 0.520. The summed E-state index contributed by atoms with van der Waals surface area (Å²) >= 11 is 3.14. The quantitative estimate of drug-likeness (QED) is 0.761. The predicted molar refractivity (Wildman–Crippen MR) is 82.0 cm³/mol. The first-order chi connectivity index (χ1) is 9.09. The molecule has 1 saturated heterocycles. The average Bonchev–Trinajstić information content (AvgIpc) is 2.69. The largest absolute Gasteiger partial charge is 0.340 e. The molecule has 0 saturated carbocycles. The third-order valence-electron chi connectivity index (χ3n) is 3.29. The minimum absolute atomic E-state index is 0.269. The van der Waals surface area contributed by atoms with Gasteiger partial charge in [-0.1, -0.05) is 13.0 Å². The van der Waals surface area contributed by atoms with Crippen LogP contribution in [-0.2, 0) is 0 Å². The van der Waals surface area contributed by atoms with Gasteiger partial charge in [0.05, 0.1) is 15.8 Å². The van der Waals surface area contributed by atoms with Crippen LogP contribution in [0.3, 0.4) is 0 Å². The standard InChI is InChI=1S/C9H8BrFN2.C5H11N/c1-5-12-8-4-7(11)6(10)3-9(8)13(5)2;1-2-4-6-5-3-1/h3-4,12H,1H2,2H3;6H,1-5H2. The van der Waals surface area contributed by atoms with Crippen molar-refractivity contribution in [3.63, 3.8) is 0 Å². The van der Waals surface area contributed by atoms with Crippen LogP contribution in [0.1, 0.15) is 19.3 Å². The van der Waals surface area contributed by atoms with Gasteiger partial charge in [0, 0.05) is 13.1 Å². The molecule has 0 aliphatic carbocycles. The van der Waals surface area contributed by atoms with Crippen LogP contribution in [0.5, 0.6) is 0 Å². The number of anilines is 2. The Balaban J connectivity index is 0.000000186. The third kappa shape index (κ3) is 3.48. The molecule has 5 heteroatoms. The van der Waals surface area contributed by atoms with E-state index in [1.807, 2.05) is 11.9 Å². The van der Waals surface area contributed by atoms with Crippen molar-refractivity contribution in [3.05, 3.63) is 34.8 Å². The second-order valence-electron chi connectivity index (χ2n) is 4.72. The van der Waals surface area contributed by atoms with Crippen LogP contribution in [0.2, 0.25) is 0 Å². The lowest BCUT2D eigenvalue weighted by Gasteiger charge is -2.11. The molecule has 1 aromatic rings. The van der Waals surface area contributed by atoms with E-state index in [-0.39, 0.29) is 5.82 Å². The normalized spacial score (nSPS) is 17.4. The molecule has 1 aromatic carbocycles. The summed E-state index contributed by atoms with van der Waals surface area (Å²) in [6.07, 6.45) is 4.22. The molecule has 1 fully saturated rings. The van der Waals surface area contributed by atoms with E-state index < -0.39 is 0 Å². The highest BCUT2D eigenvalue weighted by atomic mass is 79.9. The van der Waals surface area contributed by atoms with Crippen molar-refractivity contribution < 1.29 is 4.39 Å². The zero-order chi connectivity index (χ0) is 13.8. The first-order valence-electron chi connectivity index (χ1n) is 6.49. The fourth-order valence-electron chi connectivity index (χ4n) is 2.10. The Morgan fingerprint density at radius 3 is 2.47 bits per heavy atom. The molecule has 0 amide bonds. The molecule has 3 nitrogen and oxygen atoms in total. The van der Waals surface area contributed by atoms with Crippen molar-refractivity contribution in [2.45, 2.75) is 19.3 Å². The van der Waals surface area contributed by atoms with Gasteiger partial charge in [-0.3, -0.25) is 0 Å². The Labute approximate surface area is 122 Å². The summed E-state index contributed by atoms with van der Waals surface area (Å²) in [4.78, 5) is 1.87. The second-order valence-corrected chi connectivity index (χ2v) is 5.58. The highest BCUT2D eigenvalue weighted by Crippen LogP contribution is 2.37. The van der Waals surface area contributed by atoms with E-state index in [0.717, 1.165) is 17.2 Å². The fraction of sp³-hybridized carbons (Fsp3) is 0.429. The van der Waals surface area contributed by atoms with Gasteiger partial charge < -0.3 is 15.5 Å². The van der Waals surface area contributed by atoms with Crippen LogP contribution in [0.4, 0.5) is 15.8 Å². The number of rotatable bonds is 0. The molecule has 2 N–H and O–H groups in total. The van der Waals surface area contributed by atoms with Crippen LogP contribution in [0, 0.1) is 5.82 Å². The van der Waals surface area contributed by atoms with Crippen LogP contribution < -0.4 is 15.5 Å². The smallest absolute Gasteiger partial charge is 0.139 e. The van der Waals surface area contributed by atoms with Gasteiger partial charge in [-0.25, -0.2) is 4.39 Å². The van der Waals surface area contributed by atoms with Crippen molar-refractivity contribution >= 4 is 27.3 Å². The Morgan fingerprint density at radius 1 is 1.26 bits per heavy atom. The second kappa shape index (κ2) is 6.39. The molecule has 0 aromatic heterocycles. The Hall–Kier alpha value is -1.07. The van der Waals surface area contributed by atoms with E-state index in [0.29, 0.717) is 4.47 Å². The summed E-state index contributed by atoms with van der Waals surface area (Å²) in [7, 11) is 1.88. The molecule has 0 spiro atoms. The Morgan fingerprint density at radius 2 is 1.95 bits per heavy atom. The predicted octanol–water partition coefficient (Wildman–Crippen LogP) is 3.68. The average molecular weight is 328 g/mol. The molecular formula is C14H19BrFN3. The van der Waals surface area contributed by atoms with E-state index in [9.17, 15) is 4.39 Å². The summed E-state index contributed by atoms with van der Waals surface area (Å²) < 4.78 is 13.6. The third-order valence-corrected chi connectivity index (χ3v) is 3.90. The molecule has 3 rings (SSSR count). The maximum absolute atomic E-state index is 13.1. The molecule has 0 atom stereocenters. The van der Waals surface area contributed by atoms with Crippen molar-refractivity contribution in [1.82, 2.24) is 5.32 Å². The van der Waals surface area contributed by atoms with Gasteiger partial charge in [0.1, 0.15) is 11.6 Å². The van der Waals surface area contributed by atoms with E-state index in [1.54, 1.807) is 6.07 Å². The summed E-state index contributed by atoms with van der Waals surface area (Å²) in [5.74, 6) is 0.488. The number of hydrogen-bond acceptors (Lipinski definition) is 3. The number of nitrogens with one attached hydrogen (secondary N) is 2. The van der Waals surface area contributed by atoms with Crippen LogP contribution in [-0.4, -0.2) is 20.1 Å². The summed E-state index contributed by atoms with van der Waals surface area (Å²) in [6.45, 7) is 6.29. The lowest BCUT2D eigenvalue weighted by atomic mass is 10.2. The van der Waals surface area contributed by atoms with Crippen LogP contribution in [0.15, 0.2) is 29.0 Å². The molecule has 2 aliphatic rings. The molecule has 0 radical (unpaired) electrons. The molecule has 19 heavy (non-hydrogen) atoms. The van der Waals surface area contributed by atoms with Gasteiger partial charge in [-0.05, 0) is 47.9 Å². The Bertz CT molecular complexity index is 460. The number of hydrogen-bond donors (Lipinski definition) is 2. The lowest BCUT2D eigenvalue weighted by Crippen LogP contribution is -2.21. The minimum Gasteiger partial charge on any atom is -0.340 e. The van der Waals surface area contributed by atoms with Crippen molar-refractivity contribution in [1.29, 1.82) is 0 Å². The van der Waals surface area contributed by atoms with Gasteiger partial charge in [-0.15, -0.1) is 0 Å². The first-order valence-corrected chi connectivity index (χ1v) is 7.28. The fourth-order valence-corrected chi connectivity index (χ4v) is 2.43. The molecule has 0 bridgehead atoms.